The molecular weight excluding hydrogens is 362 g/mol. The number of likely N-dealkylation sites (tertiary alicyclic amines) is 1. The molecule has 1 fully saturated rings. The molecule has 1 aliphatic rings. The van der Waals surface area contributed by atoms with Gasteiger partial charge in [0.2, 0.25) is 5.91 Å². The Morgan fingerprint density at radius 1 is 1.00 bits per heavy atom. The van der Waals surface area contributed by atoms with Crippen LogP contribution in [0.2, 0.25) is 0 Å². The van der Waals surface area contributed by atoms with Crippen molar-refractivity contribution in [3.05, 3.63) is 35.4 Å². The average molecular weight is 402 g/mol. The van der Waals surface area contributed by atoms with E-state index in [2.05, 4.69) is 44.8 Å². The van der Waals surface area contributed by atoms with Crippen molar-refractivity contribution < 1.29 is 4.79 Å². The predicted molar refractivity (Wildman–Crippen MR) is 121 cm³/mol. The standard InChI is InChI=1S/C23H39N5O/c1-4-24-23(25-15-14-22(29)28(5-2)6-3)26-18-20-10-12-21(13-11-20)19-27-16-8-7-9-17-27/h10-13H,4-9,14-19H2,1-3H3,(H2,24,25,26). The Balaban J connectivity index is 1.81. The summed E-state index contributed by atoms with van der Waals surface area (Å²) in [6.07, 6.45) is 4.51. The van der Waals surface area contributed by atoms with E-state index < -0.39 is 0 Å². The number of hydrogen-bond donors (Lipinski definition) is 2. The fourth-order valence-electron chi connectivity index (χ4n) is 3.66. The van der Waals surface area contributed by atoms with Gasteiger partial charge in [-0.15, -0.1) is 0 Å². The molecule has 2 N–H and O–H groups in total. The molecule has 1 heterocycles. The van der Waals surface area contributed by atoms with Gasteiger partial charge in [0, 0.05) is 39.1 Å². The van der Waals surface area contributed by atoms with Gasteiger partial charge in [0.15, 0.2) is 5.96 Å². The number of rotatable bonds is 10. The molecule has 0 atom stereocenters. The smallest absolute Gasteiger partial charge is 0.224 e. The zero-order valence-electron chi connectivity index (χ0n) is 18.5. The third-order valence-electron chi connectivity index (χ3n) is 5.39. The predicted octanol–water partition coefficient (Wildman–Crippen LogP) is 2.99. The highest BCUT2D eigenvalue weighted by molar-refractivity contribution is 5.81. The van der Waals surface area contributed by atoms with Crippen LogP contribution in [-0.2, 0) is 17.9 Å². The highest BCUT2D eigenvalue weighted by Gasteiger charge is 2.11. The minimum Gasteiger partial charge on any atom is -0.357 e. The molecule has 0 aromatic heterocycles. The Labute approximate surface area is 176 Å². The number of carbonyl (C=O) groups excluding carboxylic acids is 1. The summed E-state index contributed by atoms with van der Waals surface area (Å²) >= 11 is 0. The van der Waals surface area contributed by atoms with Crippen LogP contribution in [0.5, 0.6) is 0 Å². The summed E-state index contributed by atoms with van der Waals surface area (Å²) in [7, 11) is 0. The van der Waals surface area contributed by atoms with Crippen molar-refractivity contribution in [2.24, 2.45) is 4.99 Å². The number of guanidine groups is 1. The number of carbonyl (C=O) groups is 1. The van der Waals surface area contributed by atoms with Crippen LogP contribution in [-0.4, -0.2) is 60.9 Å². The number of hydrogen-bond acceptors (Lipinski definition) is 3. The monoisotopic (exact) mass is 401 g/mol. The summed E-state index contributed by atoms with van der Waals surface area (Å²) in [5.41, 5.74) is 2.57. The first kappa shape index (κ1) is 23.2. The molecule has 162 valence electrons. The molecule has 0 radical (unpaired) electrons. The topological polar surface area (TPSA) is 60.0 Å². The third kappa shape index (κ3) is 8.44. The second-order valence-electron chi connectivity index (χ2n) is 7.59. The van der Waals surface area contributed by atoms with Crippen LogP contribution < -0.4 is 10.6 Å². The fourth-order valence-corrected chi connectivity index (χ4v) is 3.66. The van der Waals surface area contributed by atoms with Crippen molar-refractivity contribution in [1.29, 1.82) is 0 Å². The quantitative estimate of drug-likeness (QED) is 0.467. The van der Waals surface area contributed by atoms with Gasteiger partial charge in [0.05, 0.1) is 6.54 Å². The molecule has 0 unspecified atom stereocenters. The van der Waals surface area contributed by atoms with Gasteiger partial charge in [-0.1, -0.05) is 30.7 Å². The van der Waals surface area contributed by atoms with Crippen LogP contribution in [0.3, 0.4) is 0 Å². The van der Waals surface area contributed by atoms with Gasteiger partial charge in [-0.2, -0.15) is 0 Å². The second-order valence-corrected chi connectivity index (χ2v) is 7.59. The fraction of sp³-hybridized carbons (Fsp3) is 0.652. The zero-order valence-corrected chi connectivity index (χ0v) is 18.5. The minimum absolute atomic E-state index is 0.183. The number of nitrogens with zero attached hydrogens (tertiary/aromatic N) is 3. The Bertz CT molecular complexity index is 619. The van der Waals surface area contributed by atoms with Crippen LogP contribution in [0.4, 0.5) is 0 Å². The highest BCUT2D eigenvalue weighted by Crippen LogP contribution is 2.14. The molecule has 29 heavy (non-hydrogen) atoms. The van der Waals surface area contributed by atoms with Crippen LogP contribution in [0.25, 0.3) is 0 Å². The molecular formula is C23H39N5O. The first-order valence-electron chi connectivity index (χ1n) is 11.3. The summed E-state index contributed by atoms with van der Waals surface area (Å²) in [4.78, 5) is 21.2. The largest absolute Gasteiger partial charge is 0.357 e. The molecule has 0 bridgehead atoms. The van der Waals surface area contributed by atoms with Gasteiger partial charge in [-0.25, -0.2) is 4.99 Å². The molecule has 2 rings (SSSR count). The number of nitrogens with one attached hydrogen (secondary N) is 2. The maximum atomic E-state index is 12.1. The van der Waals surface area contributed by atoms with Crippen LogP contribution >= 0.6 is 0 Å². The lowest BCUT2D eigenvalue weighted by Crippen LogP contribution is -2.40. The van der Waals surface area contributed by atoms with Crippen molar-refractivity contribution >= 4 is 11.9 Å². The molecule has 0 saturated carbocycles. The maximum absolute atomic E-state index is 12.1. The maximum Gasteiger partial charge on any atom is 0.224 e. The van der Waals surface area contributed by atoms with Crippen molar-refractivity contribution in [2.75, 3.05) is 39.3 Å². The van der Waals surface area contributed by atoms with E-state index in [1.54, 1.807) is 0 Å². The summed E-state index contributed by atoms with van der Waals surface area (Å²) in [6, 6.07) is 8.80. The Morgan fingerprint density at radius 3 is 2.28 bits per heavy atom. The SMILES string of the molecule is CCNC(=NCc1ccc(CN2CCCCC2)cc1)NCCC(=O)N(CC)CC. The van der Waals surface area contributed by atoms with E-state index in [0.717, 1.165) is 32.1 Å². The van der Waals surface area contributed by atoms with Gasteiger partial charge in [0.1, 0.15) is 0 Å². The van der Waals surface area contributed by atoms with E-state index in [4.69, 9.17) is 0 Å². The minimum atomic E-state index is 0.183. The van der Waals surface area contributed by atoms with E-state index >= 15 is 0 Å². The van der Waals surface area contributed by atoms with E-state index in [1.807, 2.05) is 25.7 Å². The lowest BCUT2D eigenvalue weighted by atomic mass is 10.1. The van der Waals surface area contributed by atoms with E-state index in [-0.39, 0.29) is 5.91 Å². The molecule has 1 amide bonds. The van der Waals surface area contributed by atoms with Crippen molar-refractivity contribution in [3.63, 3.8) is 0 Å². The number of piperidine rings is 1. The first-order valence-corrected chi connectivity index (χ1v) is 11.3. The Kier molecular flexibility index (Phi) is 10.6. The summed E-state index contributed by atoms with van der Waals surface area (Å²) in [6.45, 7) is 13.1. The van der Waals surface area contributed by atoms with Crippen molar-refractivity contribution in [1.82, 2.24) is 20.4 Å². The zero-order chi connectivity index (χ0) is 20.9. The molecule has 1 aliphatic heterocycles. The third-order valence-corrected chi connectivity index (χ3v) is 5.39. The Morgan fingerprint density at radius 2 is 1.66 bits per heavy atom. The molecule has 6 nitrogen and oxygen atoms in total. The number of benzene rings is 1. The molecule has 1 aromatic carbocycles. The van der Waals surface area contributed by atoms with Crippen molar-refractivity contribution in [2.45, 2.75) is 59.5 Å². The summed E-state index contributed by atoms with van der Waals surface area (Å²) in [5.74, 6) is 0.944. The molecule has 0 aliphatic carbocycles. The van der Waals surface area contributed by atoms with E-state index in [9.17, 15) is 4.79 Å². The number of amides is 1. The van der Waals surface area contributed by atoms with Gasteiger partial charge in [-0.05, 0) is 57.8 Å². The van der Waals surface area contributed by atoms with Gasteiger partial charge < -0.3 is 15.5 Å². The van der Waals surface area contributed by atoms with Crippen molar-refractivity contribution in [3.8, 4) is 0 Å². The van der Waals surface area contributed by atoms with E-state index in [1.165, 1.54) is 43.5 Å². The molecule has 6 heteroatoms. The summed E-state index contributed by atoms with van der Waals surface area (Å²) < 4.78 is 0. The second kappa shape index (κ2) is 13.2. The van der Waals surface area contributed by atoms with Crippen LogP contribution in [0, 0.1) is 0 Å². The molecule has 1 aromatic rings. The van der Waals surface area contributed by atoms with Crippen LogP contribution in [0.1, 0.15) is 57.6 Å². The Hall–Kier alpha value is -2.08. The first-order chi connectivity index (χ1) is 14.2. The van der Waals surface area contributed by atoms with Gasteiger partial charge in [0.25, 0.3) is 0 Å². The molecule has 1 saturated heterocycles. The number of aliphatic imine (C=N–C) groups is 1. The lowest BCUT2D eigenvalue weighted by molar-refractivity contribution is -0.130. The van der Waals surface area contributed by atoms with Crippen LogP contribution in [0.15, 0.2) is 29.3 Å². The van der Waals surface area contributed by atoms with E-state index in [0.29, 0.717) is 19.5 Å². The van der Waals surface area contributed by atoms with Gasteiger partial charge in [-0.3, -0.25) is 9.69 Å². The highest BCUT2D eigenvalue weighted by atomic mass is 16.2. The summed E-state index contributed by atoms with van der Waals surface area (Å²) in [5, 5.41) is 6.53. The molecule has 0 spiro atoms. The normalized spacial score (nSPS) is 15.2. The van der Waals surface area contributed by atoms with Gasteiger partial charge >= 0.3 is 0 Å². The lowest BCUT2D eigenvalue weighted by Gasteiger charge is -2.26. The average Bonchev–Trinajstić information content (AvgIpc) is 2.74.